The third kappa shape index (κ3) is 1.53. The summed E-state index contributed by atoms with van der Waals surface area (Å²) in [5.41, 5.74) is 1.70. The van der Waals surface area contributed by atoms with Crippen LogP contribution in [0.5, 0.6) is 0 Å². The van der Waals surface area contributed by atoms with Gasteiger partial charge in [-0.2, -0.15) is 0 Å². The lowest BCUT2D eigenvalue weighted by Crippen LogP contribution is -1.73. The molecule has 0 radical (unpaired) electrons. The van der Waals surface area contributed by atoms with Gasteiger partial charge in [0.2, 0.25) is 5.89 Å². The Morgan fingerprint density at radius 1 is 1.62 bits per heavy atom. The fourth-order valence-electron chi connectivity index (χ4n) is 1.01. The molecule has 0 unspecified atom stereocenters. The van der Waals surface area contributed by atoms with E-state index >= 15 is 0 Å². The van der Waals surface area contributed by atoms with E-state index in [1.165, 1.54) is 11.3 Å². The van der Waals surface area contributed by atoms with E-state index in [0.29, 0.717) is 10.8 Å². The first-order valence-electron chi connectivity index (χ1n) is 3.76. The van der Waals surface area contributed by atoms with Gasteiger partial charge in [0.1, 0.15) is 6.26 Å². The minimum Gasteiger partial charge on any atom is -0.444 e. The van der Waals surface area contributed by atoms with Crippen molar-refractivity contribution < 1.29 is 9.21 Å². The van der Waals surface area contributed by atoms with Crippen molar-refractivity contribution in [3.63, 3.8) is 0 Å². The van der Waals surface area contributed by atoms with Crippen LogP contribution in [0, 0.1) is 6.92 Å². The van der Waals surface area contributed by atoms with Crippen LogP contribution in [-0.4, -0.2) is 11.3 Å². The van der Waals surface area contributed by atoms with Crippen LogP contribution in [0.2, 0.25) is 0 Å². The van der Waals surface area contributed by atoms with Gasteiger partial charge in [0.15, 0.2) is 6.29 Å². The molecular weight excluding hydrogens is 186 g/mol. The topological polar surface area (TPSA) is 43.1 Å². The third-order valence-corrected chi connectivity index (χ3v) is 2.46. The Hall–Kier alpha value is -1.42. The summed E-state index contributed by atoms with van der Waals surface area (Å²) in [5, 5.41) is 1.86. The highest BCUT2D eigenvalue weighted by atomic mass is 32.1. The van der Waals surface area contributed by atoms with E-state index in [2.05, 4.69) is 4.98 Å². The van der Waals surface area contributed by atoms with Gasteiger partial charge in [0, 0.05) is 10.9 Å². The summed E-state index contributed by atoms with van der Waals surface area (Å²) in [7, 11) is 0. The van der Waals surface area contributed by atoms with Crippen molar-refractivity contribution >= 4 is 17.6 Å². The van der Waals surface area contributed by atoms with Gasteiger partial charge in [-0.3, -0.25) is 4.79 Å². The molecule has 2 heterocycles. The second-order valence-corrected chi connectivity index (χ2v) is 3.59. The minimum atomic E-state index is 0.571. The Morgan fingerprint density at radius 2 is 2.46 bits per heavy atom. The zero-order valence-corrected chi connectivity index (χ0v) is 7.80. The van der Waals surface area contributed by atoms with Crippen molar-refractivity contribution in [1.82, 2.24) is 4.98 Å². The molecule has 0 spiro atoms. The van der Waals surface area contributed by atoms with Gasteiger partial charge in [0.05, 0.1) is 10.6 Å². The van der Waals surface area contributed by atoms with Gasteiger partial charge in [-0.25, -0.2) is 4.98 Å². The number of oxazole rings is 1. The molecule has 2 aromatic rings. The smallest absolute Gasteiger partial charge is 0.227 e. The number of hydrogen-bond acceptors (Lipinski definition) is 4. The van der Waals surface area contributed by atoms with Crippen molar-refractivity contribution in [3.8, 4) is 11.5 Å². The van der Waals surface area contributed by atoms with E-state index in [1.54, 1.807) is 12.3 Å². The molecule has 66 valence electrons. The Bertz CT molecular complexity index is 430. The van der Waals surface area contributed by atoms with Crippen LogP contribution in [0.4, 0.5) is 0 Å². The molecule has 0 saturated carbocycles. The van der Waals surface area contributed by atoms with Crippen molar-refractivity contribution in [2.75, 3.05) is 0 Å². The Balaban J connectivity index is 2.40. The summed E-state index contributed by atoms with van der Waals surface area (Å²) < 4.78 is 5.19. The lowest BCUT2D eigenvalue weighted by atomic mass is 10.3. The molecule has 2 rings (SSSR count). The van der Waals surface area contributed by atoms with Crippen molar-refractivity contribution in [3.05, 3.63) is 28.3 Å². The summed E-state index contributed by atoms with van der Waals surface area (Å²) in [5.74, 6) is 0.571. The lowest BCUT2D eigenvalue weighted by Gasteiger charge is -1.84. The lowest BCUT2D eigenvalue weighted by molar-refractivity contribution is 0.112. The molecule has 0 N–H and O–H groups in total. The van der Waals surface area contributed by atoms with Crippen LogP contribution < -0.4 is 0 Å². The van der Waals surface area contributed by atoms with Gasteiger partial charge >= 0.3 is 0 Å². The van der Waals surface area contributed by atoms with E-state index in [4.69, 9.17) is 4.42 Å². The largest absolute Gasteiger partial charge is 0.444 e. The predicted molar refractivity (Wildman–Crippen MR) is 49.9 cm³/mol. The maximum Gasteiger partial charge on any atom is 0.227 e. The van der Waals surface area contributed by atoms with E-state index in [1.807, 2.05) is 12.3 Å². The predicted octanol–water partition coefficient (Wildman–Crippen LogP) is 2.52. The number of aldehydes is 1. The van der Waals surface area contributed by atoms with Crippen molar-refractivity contribution in [2.45, 2.75) is 6.92 Å². The van der Waals surface area contributed by atoms with Gasteiger partial charge in [-0.1, -0.05) is 0 Å². The average Bonchev–Trinajstić information content (AvgIpc) is 2.71. The van der Waals surface area contributed by atoms with Crippen molar-refractivity contribution in [1.29, 1.82) is 0 Å². The van der Waals surface area contributed by atoms with Gasteiger partial charge in [0.25, 0.3) is 0 Å². The fourth-order valence-corrected chi connectivity index (χ4v) is 1.70. The zero-order chi connectivity index (χ0) is 9.26. The second kappa shape index (κ2) is 3.14. The minimum absolute atomic E-state index is 0.571. The molecular formula is C9H7NO2S. The summed E-state index contributed by atoms with van der Waals surface area (Å²) in [6.45, 7) is 1.86. The second-order valence-electron chi connectivity index (χ2n) is 2.65. The first kappa shape index (κ1) is 8.19. The molecule has 0 aromatic carbocycles. The van der Waals surface area contributed by atoms with Crippen LogP contribution >= 0.6 is 11.3 Å². The van der Waals surface area contributed by atoms with Crippen LogP contribution in [0.25, 0.3) is 11.5 Å². The summed E-state index contributed by atoms with van der Waals surface area (Å²) >= 11 is 1.39. The quantitative estimate of drug-likeness (QED) is 0.688. The number of rotatable bonds is 2. The average molecular weight is 193 g/mol. The molecule has 0 amide bonds. The van der Waals surface area contributed by atoms with Crippen LogP contribution in [0.15, 0.2) is 22.1 Å². The van der Waals surface area contributed by atoms with Crippen LogP contribution in [-0.2, 0) is 0 Å². The molecule has 0 saturated heterocycles. The highest BCUT2D eigenvalue weighted by Crippen LogP contribution is 2.23. The Labute approximate surface area is 79.0 Å². The van der Waals surface area contributed by atoms with E-state index in [-0.39, 0.29) is 0 Å². The Morgan fingerprint density at radius 3 is 3.00 bits per heavy atom. The number of thiophene rings is 1. The van der Waals surface area contributed by atoms with Crippen LogP contribution in [0.3, 0.4) is 0 Å². The number of aryl methyl sites for hydroxylation is 1. The van der Waals surface area contributed by atoms with Gasteiger partial charge in [-0.15, -0.1) is 11.3 Å². The molecule has 0 aliphatic heterocycles. The number of hydrogen-bond donors (Lipinski definition) is 0. The molecule has 0 atom stereocenters. The number of carbonyl (C=O) groups is 1. The highest BCUT2D eigenvalue weighted by molar-refractivity contribution is 7.12. The maximum absolute atomic E-state index is 10.4. The van der Waals surface area contributed by atoms with Crippen molar-refractivity contribution in [2.24, 2.45) is 0 Å². The molecule has 0 aliphatic rings. The molecule has 4 heteroatoms. The monoisotopic (exact) mass is 193 g/mol. The maximum atomic E-state index is 10.4. The first-order valence-corrected chi connectivity index (χ1v) is 4.64. The molecule has 0 aliphatic carbocycles. The molecule has 0 bridgehead atoms. The summed E-state index contributed by atoms with van der Waals surface area (Å²) in [6, 6.07) is 1.77. The third-order valence-electron chi connectivity index (χ3n) is 1.60. The molecule has 0 fully saturated rings. The van der Waals surface area contributed by atoms with Gasteiger partial charge in [-0.05, 0) is 13.0 Å². The fraction of sp³-hybridized carbons (Fsp3) is 0.111. The van der Waals surface area contributed by atoms with E-state index in [0.717, 1.165) is 17.5 Å². The molecule has 13 heavy (non-hydrogen) atoms. The summed E-state index contributed by atoms with van der Waals surface area (Å²) in [4.78, 5) is 15.3. The molecule has 2 aromatic heterocycles. The highest BCUT2D eigenvalue weighted by Gasteiger charge is 2.06. The van der Waals surface area contributed by atoms with E-state index < -0.39 is 0 Å². The zero-order valence-electron chi connectivity index (χ0n) is 6.98. The standard InChI is InChI=1S/C9H7NO2S/c1-6-4-12-9(10-6)7-2-8(3-11)13-5-7/h2-5H,1H3. The SMILES string of the molecule is Cc1coc(-c2csc(C=O)c2)n1. The molecule has 3 nitrogen and oxygen atoms in total. The number of carbonyl (C=O) groups excluding carboxylic acids is 1. The first-order chi connectivity index (χ1) is 6.29. The van der Waals surface area contributed by atoms with Crippen LogP contribution in [0.1, 0.15) is 15.4 Å². The van der Waals surface area contributed by atoms with Gasteiger partial charge < -0.3 is 4.42 Å². The normalized spacial score (nSPS) is 10.2. The Kier molecular flexibility index (Phi) is 1.98. The van der Waals surface area contributed by atoms with E-state index in [9.17, 15) is 4.79 Å². The summed E-state index contributed by atoms with van der Waals surface area (Å²) in [6.07, 6.45) is 2.41. The number of aromatic nitrogens is 1. The number of nitrogens with zero attached hydrogens (tertiary/aromatic N) is 1.